The van der Waals surface area contributed by atoms with E-state index in [2.05, 4.69) is 10.3 Å². The molecule has 1 amide bonds. The van der Waals surface area contributed by atoms with E-state index in [9.17, 15) is 4.79 Å². The van der Waals surface area contributed by atoms with Crippen LogP contribution in [-0.4, -0.2) is 10.9 Å². The minimum atomic E-state index is -0.180. The highest BCUT2D eigenvalue weighted by atomic mass is 35.5. The molecule has 0 atom stereocenters. The van der Waals surface area contributed by atoms with E-state index in [1.54, 1.807) is 18.2 Å². The summed E-state index contributed by atoms with van der Waals surface area (Å²) in [6.07, 6.45) is 0. The second-order valence-electron chi connectivity index (χ2n) is 7.11. The van der Waals surface area contributed by atoms with Gasteiger partial charge in [0.2, 0.25) is 5.89 Å². The first kappa shape index (κ1) is 19.1. The van der Waals surface area contributed by atoms with Crippen molar-refractivity contribution in [1.82, 2.24) is 4.98 Å². The molecule has 0 spiro atoms. The predicted octanol–water partition coefficient (Wildman–Crippen LogP) is 7.07. The van der Waals surface area contributed by atoms with Crippen LogP contribution in [0.1, 0.15) is 10.4 Å². The molecule has 31 heavy (non-hydrogen) atoms. The van der Waals surface area contributed by atoms with Crippen molar-refractivity contribution in [2.75, 3.05) is 5.32 Å². The average molecular weight is 425 g/mol. The number of anilines is 1. The number of fused-ring (bicyclic) bond motifs is 1. The maximum atomic E-state index is 12.7. The van der Waals surface area contributed by atoms with Gasteiger partial charge in [-0.15, -0.1) is 0 Å². The van der Waals surface area contributed by atoms with Gasteiger partial charge in [0.1, 0.15) is 5.52 Å². The van der Waals surface area contributed by atoms with E-state index in [1.807, 2.05) is 78.9 Å². The highest BCUT2D eigenvalue weighted by molar-refractivity contribution is 6.31. The number of nitrogens with zero attached hydrogens (tertiary/aromatic N) is 1. The first-order chi connectivity index (χ1) is 15.2. The van der Waals surface area contributed by atoms with Crippen LogP contribution < -0.4 is 5.32 Å². The molecule has 0 radical (unpaired) electrons. The molecule has 150 valence electrons. The minimum absolute atomic E-state index is 0.180. The summed E-state index contributed by atoms with van der Waals surface area (Å²) in [5.74, 6) is 0.293. The Kier molecular flexibility index (Phi) is 4.98. The summed E-state index contributed by atoms with van der Waals surface area (Å²) < 4.78 is 5.83. The summed E-state index contributed by atoms with van der Waals surface area (Å²) in [6.45, 7) is 0. The van der Waals surface area contributed by atoms with Gasteiger partial charge in [-0.2, -0.15) is 0 Å². The molecule has 1 aromatic heterocycles. The fourth-order valence-electron chi connectivity index (χ4n) is 3.40. The Labute approximate surface area is 184 Å². The molecule has 4 nitrogen and oxygen atoms in total. The van der Waals surface area contributed by atoms with Crippen molar-refractivity contribution in [3.63, 3.8) is 0 Å². The number of carbonyl (C=O) groups is 1. The molecule has 0 aliphatic heterocycles. The zero-order valence-corrected chi connectivity index (χ0v) is 17.1. The van der Waals surface area contributed by atoms with Gasteiger partial charge >= 0.3 is 0 Å². The van der Waals surface area contributed by atoms with Gasteiger partial charge in [0, 0.05) is 21.8 Å². The zero-order chi connectivity index (χ0) is 21.2. The third kappa shape index (κ3) is 4.06. The standard InChI is InChI=1S/C26H17ClN2O2/c27-21-13-14-24-23(16-21)29-26(31-24)20-7-4-8-22(15-20)28-25(30)19-11-9-18(10-12-19)17-5-2-1-3-6-17/h1-16H,(H,28,30). The predicted molar refractivity (Wildman–Crippen MR) is 124 cm³/mol. The van der Waals surface area contributed by atoms with Crippen LogP contribution in [0.3, 0.4) is 0 Å². The highest BCUT2D eigenvalue weighted by Crippen LogP contribution is 2.28. The van der Waals surface area contributed by atoms with E-state index in [1.165, 1.54) is 0 Å². The molecule has 1 N–H and O–H groups in total. The second kappa shape index (κ2) is 8.09. The first-order valence-corrected chi connectivity index (χ1v) is 10.2. The third-order valence-electron chi connectivity index (χ3n) is 4.97. The van der Waals surface area contributed by atoms with E-state index in [0.717, 1.165) is 16.7 Å². The Balaban J connectivity index is 1.36. The normalized spacial score (nSPS) is 10.9. The molecule has 5 aromatic rings. The lowest BCUT2D eigenvalue weighted by Gasteiger charge is -2.07. The molecule has 0 fully saturated rings. The van der Waals surface area contributed by atoms with Crippen LogP contribution in [0.15, 0.2) is 101 Å². The molecule has 0 bridgehead atoms. The Morgan fingerprint density at radius 3 is 2.32 bits per heavy atom. The van der Waals surface area contributed by atoms with Crippen LogP contribution >= 0.6 is 11.6 Å². The van der Waals surface area contributed by atoms with Gasteiger partial charge in [0.15, 0.2) is 5.58 Å². The van der Waals surface area contributed by atoms with Gasteiger partial charge in [-0.25, -0.2) is 4.98 Å². The highest BCUT2D eigenvalue weighted by Gasteiger charge is 2.11. The topological polar surface area (TPSA) is 55.1 Å². The number of oxazole rings is 1. The average Bonchev–Trinajstić information content (AvgIpc) is 3.23. The Bertz CT molecular complexity index is 1380. The van der Waals surface area contributed by atoms with Crippen LogP contribution in [-0.2, 0) is 0 Å². The van der Waals surface area contributed by atoms with Crippen LogP contribution in [0.2, 0.25) is 5.02 Å². The smallest absolute Gasteiger partial charge is 0.255 e. The minimum Gasteiger partial charge on any atom is -0.436 e. The van der Waals surface area contributed by atoms with Crippen molar-refractivity contribution in [3.05, 3.63) is 108 Å². The molecule has 0 aliphatic rings. The summed E-state index contributed by atoms with van der Waals surface area (Å²) in [4.78, 5) is 17.2. The summed E-state index contributed by atoms with van der Waals surface area (Å²) in [6, 6.07) is 30.3. The van der Waals surface area contributed by atoms with Gasteiger partial charge in [-0.1, -0.05) is 60.1 Å². The van der Waals surface area contributed by atoms with Crippen molar-refractivity contribution < 1.29 is 9.21 Å². The summed E-state index contributed by atoms with van der Waals surface area (Å²) in [7, 11) is 0. The fraction of sp³-hybridized carbons (Fsp3) is 0. The molecular weight excluding hydrogens is 408 g/mol. The Hall–Kier alpha value is -3.89. The van der Waals surface area contributed by atoms with E-state index >= 15 is 0 Å². The number of halogens is 1. The molecule has 5 heteroatoms. The zero-order valence-electron chi connectivity index (χ0n) is 16.4. The monoisotopic (exact) mass is 424 g/mol. The number of carbonyl (C=O) groups excluding carboxylic acids is 1. The van der Waals surface area contributed by atoms with Gasteiger partial charge in [-0.05, 0) is 59.7 Å². The van der Waals surface area contributed by atoms with Crippen LogP contribution in [0.5, 0.6) is 0 Å². The van der Waals surface area contributed by atoms with Crippen molar-refractivity contribution in [2.24, 2.45) is 0 Å². The number of amides is 1. The van der Waals surface area contributed by atoms with Crippen molar-refractivity contribution in [2.45, 2.75) is 0 Å². The lowest BCUT2D eigenvalue weighted by molar-refractivity contribution is 0.102. The van der Waals surface area contributed by atoms with Crippen LogP contribution in [0.4, 0.5) is 5.69 Å². The third-order valence-corrected chi connectivity index (χ3v) is 5.21. The SMILES string of the molecule is O=C(Nc1cccc(-c2nc3cc(Cl)ccc3o2)c1)c1ccc(-c2ccccc2)cc1. The number of rotatable bonds is 4. The molecule has 0 saturated carbocycles. The molecular formula is C26H17ClN2O2. The molecule has 0 aliphatic carbocycles. The summed E-state index contributed by atoms with van der Waals surface area (Å²) >= 11 is 6.03. The maximum Gasteiger partial charge on any atom is 0.255 e. The van der Waals surface area contributed by atoms with Gasteiger partial charge in [0.25, 0.3) is 5.91 Å². The number of hydrogen-bond acceptors (Lipinski definition) is 3. The fourth-order valence-corrected chi connectivity index (χ4v) is 3.57. The van der Waals surface area contributed by atoms with Crippen LogP contribution in [0, 0.1) is 0 Å². The number of hydrogen-bond donors (Lipinski definition) is 1. The van der Waals surface area contributed by atoms with Crippen molar-refractivity contribution >= 4 is 34.3 Å². The van der Waals surface area contributed by atoms with E-state index < -0.39 is 0 Å². The van der Waals surface area contributed by atoms with Gasteiger partial charge in [0.05, 0.1) is 0 Å². The van der Waals surface area contributed by atoms with E-state index in [4.69, 9.17) is 16.0 Å². The molecule has 5 rings (SSSR count). The van der Waals surface area contributed by atoms with Crippen molar-refractivity contribution in [1.29, 1.82) is 0 Å². The van der Waals surface area contributed by atoms with Gasteiger partial charge in [-0.3, -0.25) is 4.79 Å². The molecule has 1 heterocycles. The Morgan fingerprint density at radius 1 is 0.774 bits per heavy atom. The lowest BCUT2D eigenvalue weighted by Crippen LogP contribution is -2.11. The Morgan fingerprint density at radius 2 is 1.52 bits per heavy atom. The largest absolute Gasteiger partial charge is 0.436 e. The lowest BCUT2D eigenvalue weighted by atomic mass is 10.0. The number of aromatic nitrogens is 1. The first-order valence-electron chi connectivity index (χ1n) is 9.79. The quantitative estimate of drug-likeness (QED) is 0.335. The molecule has 0 unspecified atom stereocenters. The summed E-state index contributed by atoms with van der Waals surface area (Å²) in [5.41, 5.74) is 5.54. The molecule has 4 aromatic carbocycles. The van der Waals surface area contributed by atoms with E-state index in [0.29, 0.717) is 33.3 Å². The van der Waals surface area contributed by atoms with E-state index in [-0.39, 0.29) is 5.91 Å². The van der Waals surface area contributed by atoms with Gasteiger partial charge < -0.3 is 9.73 Å². The van der Waals surface area contributed by atoms with Crippen LogP contribution in [0.25, 0.3) is 33.7 Å². The number of nitrogens with one attached hydrogen (secondary N) is 1. The second-order valence-corrected chi connectivity index (χ2v) is 7.55. The maximum absolute atomic E-state index is 12.7. The molecule has 0 saturated heterocycles. The number of benzene rings is 4. The van der Waals surface area contributed by atoms with Crippen molar-refractivity contribution in [3.8, 4) is 22.6 Å². The summed E-state index contributed by atoms with van der Waals surface area (Å²) in [5, 5.41) is 3.54.